The third kappa shape index (κ3) is 12.2. The summed E-state index contributed by atoms with van der Waals surface area (Å²) in [7, 11) is 0. The number of nitriles is 3. The van der Waals surface area contributed by atoms with Gasteiger partial charge < -0.3 is 22.0 Å². The topological polar surface area (TPSA) is 156 Å². The molecule has 2 N–H and O–H groups in total. The van der Waals surface area contributed by atoms with Crippen molar-refractivity contribution in [2.45, 2.75) is 0 Å². The molecule has 0 saturated carbocycles. The van der Waals surface area contributed by atoms with E-state index in [0.717, 1.165) is 6.07 Å². The van der Waals surface area contributed by atoms with Crippen LogP contribution in [0.15, 0.2) is 36.4 Å². The van der Waals surface area contributed by atoms with Crippen LogP contribution in [0.1, 0.15) is 12.6 Å². The van der Waals surface area contributed by atoms with Gasteiger partial charge in [0.1, 0.15) is 29.5 Å². The molecule has 0 fully saturated rings. The van der Waals surface area contributed by atoms with Crippen molar-refractivity contribution < 1.29 is 89.0 Å². The van der Waals surface area contributed by atoms with Gasteiger partial charge in [-0.05, 0) is 30.3 Å². The molecule has 0 amide bonds. The van der Waals surface area contributed by atoms with E-state index in [9.17, 15) is 8.78 Å². The van der Waals surface area contributed by atoms with E-state index in [0.29, 0.717) is 5.69 Å². The van der Waals surface area contributed by atoms with Crippen LogP contribution >= 0.6 is 0 Å². The summed E-state index contributed by atoms with van der Waals surface area (Å²) >= 11 is 0. The summed E-state index contributed by atoms with van der Waals surface area (Å²) in [6, 6.07) is 10.7. The van der Waals surface area contributed by atoms with Crippen LogP contribution in [-0.2, 0) is 9.68 Å². The number of anilines is 1. The second-order valence-electron chi connectivity index (χ2n) is 3.99. The van der Waals surface area contributed by atoms with E-state index >= 15 is 0 Å². The summed E-state index contributed by atoms with van der Waals surface area (Å²) in [6.45, 7) is -0.181. The number of nitrogens with zero attached hydrogens (tertiary/aromatic N) is 3. The molecule has 0 atom stereocenters. The maximum atomic E-state index is 12.6. The van der Waals surface area contributed by atoms with Crippen LogP contribution in [0.2, 0.25) is 0 Å². The fraction of sp³-hybridized carbons (Fsp3) is 0. The number of hydrogen-bond donors (Lipinski definition) is 1. The van der Waals surface area contributed by atoms with Crippen molar-refractivity contribution in [3.05, 3.63) is 59.2 Å². The molecule has 8 nitrogen and oxygen atoms in total. The molecule has 0 unspecified atom stereocenters. The Kier molecular flexibility index (Phi) is 19.8. The molecule has 2 rings (SSSR count). The van der Waals surface area contributed by atoms with Gasteiger partial charge in [0, 0.05) is 11.8 Å². The average molecular weight is 406 g/mol. The van der Waals surface area contributed by atoms with Gasteiger partial charge in [-0.2, -0.15) is 10.5 Å². The Morgan fingerprint density at radius 1 is 1.00 bits per heavy atom. The SMILES string of the molecule is N#COc1ccc(F)c(C#N)c1.N#Cc1cc(N)ccc1F.O=CO[O-].[H-].[Na+].[Na+]. The number of rotatable bonds is 2. The molecule has 0 aliphatic rings. The summed E-state index contributed by atoms with van der Waals surface area (Å²) < 4.78 is 29.5. The molecule has 0 aromatic heterocycles. The standard InChI is InChI=1S/C8H3FN2O.C7H5FN2.CH2O3.2Na.H/c9-8-2-1-7(12-5-11)3-6(8)4-10;8-7-2-1-6(10)3-5(7)4-9;2-1-4-3;;;/h1-3H;1-3H,10H2;1,3H;;;/q;;;2*+1;-1/p-1. The van der Waals surface area contributed by atoms with Gasteiger partial charge in [0.25, 0.3) is 12.7 Å². The predicted octanol–water partition coefficient (Wildman–Crippen LogP) is -4.61. The first kappa shape index (κ1) is 30.5. The van der Waals surface area contributed by atoms with Gasteiger partial charge in [0.15, 0.2) is 0 Å². The van der Waals surface area contributed by atoms with Crippen LogP contribution in [0.3, 0.4) is 0 Å². The minimum absolute atomic E-state index is 0. The van der Waals surface area contributed by atoms with Crippen molar-refractivity contribution in [2.75, 3.05) is 5.73 Å². The molecular weight excluding hydrogens is 396 g/mol. The molecule has 134 valence electrons. The number of nitrogen functional groups attached to an aromatic ring is 1. The zero-order valence-electron chi connectivity index (χ0n) is 15.8. The minimum Gasteiger partial charge on any atom is -1.00 e. The van der Waals surface area contributed by atoms with Gasteiger partial charge in [-0.15, -0.1) is 5.26 Å². The molecule has 0 radical (unpaired) electrons. The van der Waals surface area contributed by atoms with Crippen LogP contribution in [0, 0.1) is 45.8 Å². The first-order valence-electron chi connectivity index (χ1n) is 6.36. The van der Waals surface area contributed by atoms with Crippen molar-refractivity contribution in [3.63, 3.8) is 0 Å². The van der Waals surface area contributed by atoms with Gasteiger partial charge in [-0.1, -0.05) is 0 Å². The number of benzene rings is 2. The molecular formula is C16H10F2N4Na2O4. The molecule has 0 spiro atoms. The van der Waals surface area contributed by atoms with E-state index in [1.54, 1.807) is 12.1 Å². The first-order chi connectivity index (χ1) is 12.4. The Hall–Kier alpha value is -2.20. The van der Waals surface area contributed by atoms with Crippen molar-refractivity contribution in [1.29, 1.82) is 15.8 Å². The molecule has 12 heteroatoms. The third-order valence-electron chi connectivity index (χ3n) is 2.37. The fourth-order valence-electron chi connectivity index (χ4n) is 1.33. The number of ether oxygens (including phenoxy) is 1. The number of hydrogen-bond acceptors (Lipinski definition) is 8. The number of carbonyl (C=O) groups is 1. The van der Waals surface area contributed by atoms with Crippen LogP contribution in [0.25, 0.3) is 0 Å². The van der Waals surface area contributed by atoms with E-state index in [1.807, 2.05) is 0 Å². The third-order valence-corrected chi connectivity index (χ3v) is 2.37. The Bertz CT molecular complexity index is 887. The van der Waals surface area contributed by atoms with Gasteiger partial charge in [-0.25, -0.2) is 8.78 Å². The van der Waals surface area contributed by atoms with Gasteiger partial charge in [0.2, 0.25) is 0 Å². The molecule has 0 saturated heterocycles. The maximum absolute atomic E-state index is 12.6. The molecule has 0 bridgehead atoms. The summed E-state index contributed by atoms with van der Waals surface area (Å²) in [5.74, 6) is -0.991. The normalized spacial score (nSPS) is 7.43. The molecule has 2 aromatic carbocycles. The Labute approximate surface area is 204 Å². The summed E-state index contributed by atoms with van der Waals surface area (Å²) in [5, 5.41) is 33.2. The first-order valence-corrected chi connectivity index (χ1v) is 6.36. The number of halogens is 2. The van der Waals surface area contributed by atoms with E-state index in [4.69, 9.17) is 31.6 Å². The van der Waals surface area contributed by atoms with Gasteiger partial charge >= 0.3 is 59.1 Å². The average Bonchev–Trinajstić information content (AvgIpc) is 2.66. The number of nitrogens with two attached hydrogens (primary N) is 1. The van der Waals surface area contributed by atoms with E-state index in [1.165, 1.54) is 36.6 Å². The second-order valence-corrected chi connectivity index (χ2v) is 3.99. The van der Waals surface area contributed by atoms with Crippen LogP contribution < -0.4 is 74.8 Å². The predicted molar refractivity (Wildman–Crippen MR) is 81.1 cm³/mol. The molecule has 28 heavy (non-hydrogen) atoms. The van der Waals surface area contributed by atoms with Gasteiger partial charge in [-0.3, -0.25) is 4.79 Å². The minimum atomic E-state index is -0.622. The maximum Gasteiger partial charge on any atom is 1.00 e. The fourth-order valence-corrected chi connectivity index (χ4v) is 1.33. The number of carbonyl (C=O) groups excluding carboxylic acids is 1. The molecule has 0 heterocycles. The van der Waals surface area contributed by atoms with Crippen LogP contribution in [-0.4, -0.2) is 6.47 Å². The van der Waals surface area contributed by atoms with E-state index < -0.39 is 11.6 Å². The van der Waals surface area contributed by atoms with Crippen molar-refractivity contribution in [3.8, 4) is 24.1 Å². The van der Waals surface area contributed by atoms with Crippen LogP contribution in [0.4, 0.5) is 14.5 Å². The largest absolute Gasteiger partial charge is 1.00 e. The molecule has 0 aliphatic carbocycles. The van der Waals surface area contributed by atoms with Crippen molar-refractivity contribution in [1.82, 2.24) is 0 Å². The zero-order valence-corrected chi connectivity index (χ0v) is 18.8. The Morgan fingerprint density at radius 3 is 1.86 bits per heavy atom. The molecule has 2 aromatic rings. The quantitative estimate of drug-likeness (QED) is 0.130. The van der Waals surface area contributed by atoms with E-state index in [2.05, 4.69) is 9.62 Å². The van der Waals surface area contributed by atoms with Crippen molar-refractivity contribution in [2.24, 2.45) is 0 Å². The monoisotopic (exact) mass is 406 g/mol. The van der Waals surface area contributed by atoms with Crippen LogP contribution in [0.5, 0.6) is 5.75 Å². The van der Waals surface area contributed by atoms with E-state index in [-0.39, 0.29) is 83.9 Å². The smallest absolute Gasteiger partial charge is 1.00 e. The zero-order chi connectivity index (χ0) is 19.9. The van der Waals surface area contributed by atoms with Gasteiger partial charge in [0.05, 0.1) is 11.1 Å². The summed E-state index contributed by atoms with van der Waals surface area (Å²) in [6.07, 6.45) is 1.42. The van der Waals surface area contributed by atoms with Crippen molar-refractivity contribution >= 4 is 12.2 Å². The summed E-state index contributed by atoms with van der Waals surface area (Å²) in [5.41, 5.74) is 5.54. The Balaban J connectivity index is -0.000000169. The second kappa shape index (κ2) is 18.2. The summed E-state index contributed by atoms with van der Waals surface area (Å²) in [4.78, 5) is 11.2. The molecule has 0 aliphatic heterocycles. The Morgan fingerprint density at radius 2 is 1.46 bits per heavy atom.